The number of hydrogen-bond donors (Lipinski definition) is 1. The third-order valence-corrected chi connectivity index (χ3v) is 1.29. The summed E-state index contributed by atoms with van der Waals surface area (Å²) in [6, 6.07) is 0. The monoisotopic (exact) mass is 167 g/mol. The van der Waals surface area contributed by atoms with Gasteiger partial charge >= 0.3 is 0 Å². The molecule has 0 radical (unpaired) electrons. The molecule has 12 heavy (non-hydrogen) atoms. The van der Waals surface area contributed by atoms with Crippen molar-refractivity contribution in [2.45, 2.75) is 13.3 Å². The first kappa shape index (κ1) is 10.8. The zero-order valence-corrected chi connectivity index (χ0v) is 7.36. The predicted molar refractivity (Wildman–Crippen MR) is 53.9 cm³/mol. The van der Waals surface area contributed by atoms with E-state index >= 15 is 0 Å². The molecule has 0 aromatic rings. The van der Waals surface area contributed by atoms with E-state index in [2.05, 4.69) is 18.2 Å². The van der Waals surface area contributed by atoms with Gasteiger partial charge in [0, 0.05) is 7.97 Å². The van der Waals surface area contributed by atoms with Crippen molar-refractivity contribution in [3.63, 3.8) is 0 Å². The van der Waals surface area contributed by atoms with E-state index in [1.807, 2.05) is 12.2 Å². The highest BCUT2D eigenvalue weighted by atomic mass is 16.1. The molecule has 0 fully saturated rings. The van der Waals surface area contributed by atoms with Crippen molar-refractivity contribution in [3.05, 3.63) is 36.0 Å². The first-order chi connectivity index (χ1) is 5.85. The summed E-state index contributed by atoms with van der Waals surface area (Å²) >= 11 is 0. The Bertz CT molecular complexity index is 207. The van der Waals surface area contributed by atoms with Crippen molar-refractivity contribution in [1.29, 1.82) is 0 Å². The molecule has 2 heteroatoms. The van der Waals surface area contributed by atoms with Crippen LogP contribution in [0.4, 0.5) is 0 Å². The number of allylic oxidation sites excluding steroid dienone is 4. The van der Waals surface area contributed by atoms with E-state index in [1.165, 1.54) is 12.5 Å². The molecule has 0 heterocycles. The van der Waals surface area contributed by atoms with Crippen molar-refractivity contribution in [2.24, 2.45) is 5.73 Å². The molecule has 68 valence electrons. The predicted octanol–water partition coefficient (Wildman–Crippen LogP) is 1.84. The van der Waals surface area contributed by atoms with Crippen LogP contribution < -0.4 is 5.73 Å². The topological polar surface area (TPSA) is 43.1 Å². The summed E-state index contributed by atoms with van der Waals surface area (Å²) in [6.07, 6.45) is 12.2. The summed E-state index contributed by atoms with van der Waals surface area (Å²) in [6.45, 7) is 2.08. The lowest BCUT2D eigenvalue weighted by atomic mass is 10.2. The van der Waals surface area contributed by atoms with Crippen LogP contribution in [-0.2, 0) is 4.79 Å². The van der Waals surface area contributed by atoms with Gasteiger partial charge in [0.2, 0.25) is 0 Å². The Hall–Kier alpha value is -1.15. The fraction of sp³-hybridized carbons (Fsp3) is 0.300. The minimum atomic E-state index is 0. The molecule has 1 aliphatic carbocycles. The molecule has 0 aromatic carbocycles. The summed E-state index contributed by atoms with van der Waals surface area (Å²) in [5.74, 6) is 0. The van der Waals surface area contributed by atoms with Crippen molar-refractivity contribution in [3.8, 4) is 0 Å². The molecule has 1 rings (SSSR count). The number of carbonyl (C=O) groups excluding carboxylic acids is 1. The summed E-state index contributed by atoms with van der Waals surface area (Å²) in [5, 5.41) is 0. The number of hydrogen-bond acceptors (Lipinski definition) is 2. The standard InChI is InChI=1S/C8H11N.C2H4O.H2/c9-7-8-5-3-1-2-4-6-8;1-2-3;/h1,3-6H,2,7,9H2;2H,1H3;1H. The van der Waals surface area contributed by atoms with E-state index in [1.54, 1.807) is 0 Å². The number of nitrogens with two attached hydrogens (primary N) is 1. The molecule has 0 atom stereocenters. The summed E-state index contributed by atoms with van der Waals surface area (Å²) < 4.78 is 0. The lowest BCUT2D eigenvalue weighted by molar-refractivity contribution is -0.106. The molecule has 0 saturated heterocycles. The average molecular weight is 167 g/mol. The highest BCUT2D eigenvalue weighted by Crippen LogP contribution is 2.01. The first-order valence-electron chi connectivity index (χ1n) is 3.97. The fourth-order valence-corrected chi connectivity index (χ4v) is 0.760. The summed E-state index contributed by atoms with van der Waals surface area (Å²) in [7, 11) is 0. The SMILES string of the molecule is CC=O.NCC1=CC=CCC=C1.[HH]. The van der Waals surface area contributed by atoms with Crippen LogP contribution in [0.2, 0.25) is 0 Å². The molecule has 0 bridgehead atoms. The first-order valence-corrected chi connectivity index (χ1v) is 3.97. The van der Waals surface area contributed by atoms with Crippen LogP contribution in [0.1, 0.15) is 14.8 Å². The maximum absolute atomic E-state index is 8.81. The van der Waals surface area contributed by atoms with Gasteiger partial charge in [0.15, 0.2) is 0 Å². The molecule has 0 unspecified atom stereocenters. The largest absolute Gasteiger partial charge is 0.326 e. The Balaban J connectivity index is 0. The highest BCUT2D eigenvalue weighted by Gasteiger charge is 1.86. The number of carbonyl (C=O) groups is 1. The molecule has 1 aliphatic rings. The normalized spacial score (nSPS) is 14.0. The quantitative estimate of drug-likeness (QED) is 0.605. The molecule has 0 aliphatic heterocycles. The van der Waals surface area contributed by atoms with Crippen molar-refractivity contribution < 1.29 is 6.22 Å². The maximum atomic E-state index is 8.81. The molecule has 2 N–H and O–H groups in total. The third kappa shape index (κ3) is 5.62. The second-order valence-electron chi connectivity index (χ2n) is 2.25. The van der Waals surface area contributed by atoms with Crippen LogP contribution >= 0.6 is 0 Å². The smallest absolute Gasteiger partial charge is 0.116 e. The van der Waals surface area contributed by atoms with E-state index in [0.717, 1.165) is 12.7 Å². The minimum Gasteiger partial charge on any atom is -0.326 e. The van der Waals surface area contributed by atoms with E-state index in [9.17, 15) is 0 Å². The zero-order chi connectivity index (χ0) is 9.23. The Labute approximate surface area is 74.9 Å². The van der Waals surface area contributed by atoms with Gasteiger partial charge in [-0.2, -0.15) is 0 Å². The third-order valence-electron chi connectivity index (χ3n) is 1.29. The van der Waals surface area contributed by atoms with E-state index < -0.39 is 0 Å². The second kappa shape index (κ2) is 7.95. The molecule has 2 nitrogen and oxygen atoms in total. The average Bonchev–Trinajstić information content (AvgIpc) is 2.33. The molecule has 0 spiro atoms. The van der Waals surface area contributed by atoms with Crippen LogP contribution in [0, 0.1) is 0 Å². The summed E-state index contributed by atoms with van der Waals surface area (Å²) in [4.78, 5) is 8.81. The minimum absolute atomic E-state index is 0. The fourth-order valence-electron chi connectivity index (χ4n) is 0.760. The van der Waals surface area contributed by atoms with Gasteiger partial charge in [0.25, 0.3) is 0 Å². The van der Waals surface area contributed by atoms with Gasteiger partial charge < -0.3 is 10.5 Å². The van der Waals surface area contributed by atoms with Gasteiger partial charge in [0.05, 0.1) is 0 Å². The Morgan fingerprint density at radius 3 is 2.92 bits per heavy atom. The van der Waals surface area contributed by atoms with Crippen LogP contribution in [-0.4, -0.2) is 12.8 Å². The lowest BCUT2D eigenvalue weighted by Crippen LogP contribution is -1.99. The van der Waals surface area contributed by atoms with Gasteiger partial charge in [-0.15, -0.1) is 0 Å². The molecule has 0 amide bonds. The molecular formula is C10H17NO. The molecular weight excluding hydrogens is 150 g/mol. The van der Waals surface area contributed by atoms with Gasteiger partial charge in [-0.25, -0.2) is 0 Å². The van der Waals surface area contributed by atoms with E-state index in [-0.39, 0.29) is 1.43 Å². The van der Waals surface area contributed by atoms with Crippen molar-refractivity contribution >= 4 is 6.29 Å². The van der Waals surface area contributed by atoms with E-state index in [0.29, 0.717) is 6.54 Å². The zero-order valence-electron chi connectivity index (χ0n) is 7.36. The van der Waals surface area contributed by atoms with Crippen LogP contribution in [0.3, 0.4) is 0 Å². The van der Waals surface area contributed by atoms with Gasteiger partial charge in [0.1, 0.15) is 6.29 Å². The second-order valence-corrected chi connectivity index (χ2v) is 2.25. The van der Waals surface area contributed by atoms with Crippen LogP contribution in [0.5, 0.6) is 0 Å². The van der Waals surface area contributed by atoms with E-state index in [4.69, 9.17) is 10.5 Å². The van der Waals surface area contributed by atoms with Gasteiger partial charge in [-0.3, -0.25) is 0 Å². The molecule has 0 aromatic heterocycles. The number of aldehydes is 1. The van der Waals surface area contributed by atoms with Crippen LogP contribution in [0.15, 0.2) is 36.0 Å². The highest BCUT2D eigenvalue weighted by molar-refractivity contribution is 5.44. The maximum Gasteiger partial charge on any atom is 0.116 e. The Morgan fingerprint density at radius 2 is 2.33 bits per heavy atom. The Kier molecular flexibility index (Phi) is 7.19. The lowest BCUT2D eigenvalue weighted by Gasteiger charge is -1.90. The van der Waals surface area contributed by atoms with Gasteiger partial charge in [-0.1, -0.05) is 30.4 Å². The van der Waals surface area contributed by atoms with Gasteiger partial charge in [-0.05, 0) is 18.9 Å². The van der Waals surface area contributed by atoms with Crippen molar-refractivity contribution in [2.75, 3.05) is 6.54 Å². The van der Waals surface area contributed by atoms with Crippen LogP contribution in [0.25, 0.3) is 0 Å². The summed E-state index contributed by atoms with van der Waals surface area (Å²) in [5.41, 5.74) is 6.62. The van der Waals surface area contributed by atoms with Crippen molar-refractivity contribution in [1.82, 2.24) is 0 Å². The number of rotatable bonds is 1. The Morgan fingerprint density at radius 1 is 1.67 bits per heavy atom. The molecule has 0 saturated carbocycles.